The van der Waals surface area contributed by atoms with Gasteiger partial charge in [0.2, 0.25) is 10.0 Å². The zero-order valence-corrected chi connectivity index (χ0v) is 18.2. The maximum absolute atomic E-state index is 13.5. The lowest BCUT2D eigenvalue weighted by atomic mass is 10.1. The van der Waals surface area contributed by atoms with E-state index < -0.39 is 68.6 Å². The van der Waals surface area contributed by atoms with Crippen molar-refractivity contribution in [3.8, 4) is 5.75 Å². The Morgan fingerprint density at radius 2 is 1.85 bits per heavy atom. The van der Waals surface area contributed by atoms with Crippen LogP contribution in [0, 0.1) is 23.4 Å². The van der Waals surface area contributed by atoms with Crippen LogP contribution >= 0.6 is 0 Å². The van der Waals surface area contributed by atoms with Gasteiger partial charge in [-0.15, -0.1) is 0 Å². The van der Waals surface area contributed by atoms with Crippen LogP contribution in [0.3, 0.4) is 0 Å². The molecule has 2 aliphatic rings. The van der Waals surface area contributed by atoms with Crippen LogP contribution in [-0.2, 0) is 17.1 Å². The number of nitrogens with one attached hydrogen (secondary N) is 2. The standard InChI is InChI=1S/C19H18F6N4O4S/c1-28-6-14-17(16(28)18(30)26-10-2-11(20)15(22)12(21)3-10)33-7-9-4-29(8-19(23,24)25)5-13(9)27-34(14,31)32/h2-3,6,9,13,27H,4-5,7-8H2,1H3,(H,26,30)/t9-,13-/m0/s1. The Kier molecular flexibility index (Phi) is 6.06. The van der Waals surface area contributed by atoms with E-state index in [4.69, 9.17) is 4.74 Å². The molecule has 0 saturated carbocycles. The van der Waals surface area contributed by atoms with Gasteiger partial charge in [-0.05, 0) is 0 Å². The van der Waals surface area contributed by atoms with Gasteiger partial charge in [0.05, 0.1) is 13.2 Å². The largest absolute Gasteiger partial charge is 0.489 e. The van der Waals surface area contributed by atoms with Crippen LogP contribution in [0.1, 0.15) is 10.5 Å². The van der Waals surface area contributed by atoms with Crippen LogP contribution in [0.15, 0.2) is 23.2 Å². The van der Waals surface area contributed by atoms with Crippen molar-refractivity contribution in [1.29, 1.82) is 0 Å². The quantitative estimate of drug-likeness (QED) is 0.486. The maximum atomic E-state index is 13.5. The molecule has 2 N–H and O–H groups in total. The van der Waals surface area contributed by atoms with Crippen LogP contribution in [0.2, 0.25) is 0 Å². The average molecular weight is 512 g/mol. The highest BCUT2D eigenvalue weighted by Crippen LogP contribution is 2.35. The minimum Gasteiger partial charge on any atom is -0.489 e. The molecule has 0 bridgehead atoms. The predicted octanol–water partition coefficient (Wildman–Crippen LogP) is 2.23. The maximum Gasteiger partial charge on any atom is 0.401 e. The van der Waals surface area contributed by atoms with Crippen molar-refractivity contribution in [1.82, 2.24) is 14.2 Å². The molecular formula is C19H18F6N4O4S. The number of fused-ring (bicyclic) bond motifs is 2. The summed E-state index contributed by atoms with van der Waals surface area (Å²) in [6.07, 6.45) is -3.39. The topological polar surface area (TPSA) is 92.7 Å². The summed E-state index contributed by atoms with van der Waals surface area (Å²) in [6, 6.07) is 0.240. The monoisotopic (exact) mass is 512 g/mol. The molecule has 3 heterocycles. The Balaban J connectivity index is 1.62. The molecule has 0 aliphatic carbocycles. The molecule has 1 amide bonds. The molecule has 0 radical (unpaired) electrons. The highest BCUT2D eigenvalue weighted by atomic mass is 32.2. The van der Waals surface area contributed by atoms with E-state index in [-0.39, 0.29) is 31.1 Å². The van der Waals surface area contributed by atoms with Gasteiger partial charge < -0.3 is 14.6 Å². The second kappa shape index (κ2) is 8.46. The molecule has 2 atom stereocenters. The minimum absolute atomic E-state index is 0.0927. The van der Waals surface area contributed by atoms with E-state index in [0.29, 0.717) is 12.1 Å². The van der Waals surface area contributed by atoms with Crippen molar-refractivity contribution in [2.75, 3.05) is 31.6 Å². The number of amides is 1. The number of aryl methyl sites for hydroxylation is 1. The smallest absolute Gasteiger partial charge is 0.401 e. The van der Waals surface area contributed by atoms with E-state index >= 15 is 0 Å². The van der Waals surface area contributed by atoms with Crippen LogP contribution in [0.25, 0.3) is 0 Å². The van der Waals surface area contributed by atoms with Crippen LogP contribution in [0.5, 0.6) is 5.75 Å². The fraction of sp³-hybridized carbons (Fsp3) is 0.421. The van der Waals surface area contributed by atoms with Gasteiger partial charge in [0.1, 0.15) is 4.90 Å². The Morgan fingerprint density at radius 3 is 2.47 bits per heavy atom. The zero-order chi connectivity index (χ0) is 25.0. The van der Waals surface area contributed by atoms with Crippen molar-refractivity contribution < 1.29 is 44.3 Å². The number of hydrogen-bond acceptors (Lipinski definition) is 5. The van der Waals surface area contributed by atoms with Gasteiger partial charge in [0.15, 0.2) is 28.9 Å². The number of rotatable bonds is 3. The number of benzene rings is 1. The Hall–Kier alpha value is -2.78. The number of carbonyl (C=O) groups is 1. The minimum atomic E-state index is -4.46. The fourth-order valence-corrected chi connectivity index (χ4v) is 5.58. The zero-order valence-electron chi connectivity index (χ0n) is 17.4. The van der Waals surface area contributed by atoms with Crippen molar-refractivity contribution >= 4 is 21.6 Å². The molecule has 1 fully saturated rings. The van der Waals surface area contributed by atoms with E-state index in [1.54, 1.807) is 0 Å². The van der Waals surface area contributed by atoms with Gasteiger partial charge in [-0.2, -0.15) is 13.2 Å². The number of likely N-dealkylation sites (tertiary alicyclic amines) is 1. The van der Waals surface area contributed by atoms with Crippen LogP contribution in [0.4, 0.5) is 32.0 Å². The summed E-state index contributed by atoms with van der Waals surface area (Å²) in [5.41, 5.74) is -0.754. The predicted molar refractivity (Wildman–Crippen MR) is 105 cm³/mol. The number of hydrogen-bond donors (Lipinski definition) is 2. The van der Waals surface area contributed by atoms with Crippen molar-refractivity contribution in [3.05, 3.63) is 41.5 Å². The molecular weight excluding hydrogens is 494 g/mol. The second-order valence-electron chi connectivity index (χ2n) is 8.10. The number of sulfonamides is 1. The highest BCUT2D eigenvalue weighted by Gasteiger charge is 2.43. The lowest BCUT2D eigenvalue weighted by Crippen LogP contribution is -2.43. The van der Waals surface area contributed by atoms with E-state index in [1.165, 1.54) is 7.05 Å². The van der Waals surface area contributed by atoms with E-state index in [2.05, 4.69) is 10.0 Å². The third kappa shape index (κ3) is 4.72. The summed E-state index contributed by atoms with van der Waals surface area (Å²) in [4.78, 5) is 13.5. The fourth-order valence-electron chi connectivity index (χ4n) is 4.09. The Morgan fingerprint density at radius 1 is 1.21 bits per heavy atom. The van der Waals surface area contributed by atoms with Gasteiger partial charge in [-0.3, -0.25) is 9.69 Å². The van der Waals surface area contributed by atoms with Crippen molar-refractivity contribution in [3.63, 3.8) is 0 Å². The summed E-state index contributed by atoms with van der Waals surface area (Å²) >= 11 is 0. The third-order valence-electron chi connectivity index (χ3n) is 5.52. The molecule has 4 rings (SSSR count). The number of anilines is 1. The molecule has 0 unspecified atom stereocenters. The first kappa shape index (κ1) is 24.3. The number of ether oxygens (including phenoxy) is 1. The van der Waals surface area contributed by atoms with Crippen LogP contribution < -0.4 is 14.8 Å². The number of alkyl halides is 3. The van der Waals surface area contributed by atoms with Gasteiger partial charge in [0, 0.05) is 56.1 Å². The number of aromatic nitrogens is 1. The van der Waals surface area contributed by atoms with Crippen molar-refractivity contribution in [2.24, 2.45) is 13.0 Å². The lowest BCUT2D eigenvalue weighted by molar-refractivity contribution is -0.143. The number of carbonyl (C=O) groups excluding carboxylic acids is 1. The number of halogens is 6. The first-order valence-electron chi connectivity index (χ1n) is 9.84. The molecule has 1 aromatic heterocycles. The molecule has 2 aromatic rings. The average Bonchev–Trinajstić information content (AvgIpc) is 3.21. The SMILES string of the molecule is Cn1cc2c(c1C(=O)Nc1cc(F)c(F)c(F)c1)OC[C@@H]1CN(CC(F)(F)F)C[C@@H]1NS2(=O)=O. The van der Waals surface area contributed by atoms with Gasteiger partial charge in [-0.1, -0.05) is 0 Å². The molecule has 1 saturated heterocycles. The summed E-state index contributed by atoms with van der Waals surface area (Å²) in [6.45, 7) is -1.68. The second-order valence-corrected chi connectivity index (χ2v) is 9.78. The van der Waals surface area contributed by atoms with Crippen molar-refractivity contribution in [2.45, 2.75) is 17.1 Å². The Bertz CT molecular complexity index is 1220. The van der Waals surface area contributed by atoms with E-state index in [1.807, 2.05) is 0 Å². The summed E-state index contributed by atoms with van der Waals surface area (Å²) in [7, 11) is -2.97. The van der Waals surface area contributed by atoms with Gasteiger partial charge in [-0.25, -0.2) is 26.3 Å². The molecule has 34 heavy (non-hydrogen) atoms. The van der Waals surface area contributed by atoms with E-state index in [9.17, 15) is 39.6 Å². The van der Waals surface area contributed by atoms with Gasteiger partial charge >= 0.3 is 6.18 Å². The highest BCUT2D eigenvalue weighted by molar-refractivity contribution is 7.89. The molecule has 8 nitrogen and oxygen atoms in total. The Labute approximate surface area is 189 Å². The lowest BCUT2D eigenvalue weighted by Gasteiger charge is -2.24. The summed E-state index contributed by atoms with van der Waals surface area (Å²) in [5.74, 6) is -6.84. The molecule has 1 aromatic carbocycles. The molecule has 15 heteroatoms. The van der Waals surface area contributed by atoms with E-state index in [0.717, 1.165) is 15.7 Å². The first-order valence-corrected chi connectivity index (χ1v) is 11.3. The van der Waals surface area contributed by atoms with Gasteiger partial charge in [0.25, 0.3) is 5.91 Å². The normalized spacial score (nSPS) is 22.3. The third-order valence-corrected chi connectivity index (χ3v) is 7.00. The van der Waals surface area contributed by atoms with Crippen LogP contribution in [-0.4, -0.2) is 62.3 Å². The summed E-state index contributed by atoms with van der Waals surface area (Å²) in [5, 5.41) is 2.15. The molecule has 186 valence electrons. The number of nitrogens with zero attached hydrogens (tertiary/aromatic N) is 2. The first-order chi connectivity index (χ1) is 15.7. The molecule has 2 aliphatic heterocycles. The summed E-state index contributed by atoms with van der Waals surface area (Å²) < 4.78 is 113. The molecule has 0 spiro atoms.